The Bertz CT molecular complexity index is 1080. The van der Waals surface area contributed by atoms with E-state index < -0.39 is 46.1 Å². The Morgan fingerprint density at radius 3 is 2.36 bits per heavy atom. The molecule has 0 radical (unpaired) electrons. The minimum Gasteiger partial charge on any atom is -0.471 e. The van der Waals surface area contributed by atoms with Gasteiger partial charge in [0.2, 0.25) is 5.88 Å². The molecule has 0 unspecified atom stereocenters. The van der Waals surface area contributed by atoms with E-state index in [0.29, 0.717) is 10.6 Å². The van der Waals surface area contributed by atoms with E-state index in [1.54, 1.807) is 0 Å². The molecule has 2 aromatic carbocycles. The van der Waals surface area contributed by atoms with Crippen LogP contribution in [-0.4, -0.2) is 9.55 Å². The molecule has 10 heteroatoms. The van der Waals surface area contributed by atoms with Gasteiger partial charge in [0.05, 0.1) is 0 Å². The standard InChI is InChI=1S/C18H12ClF4N3O2/c19-15-17(28-7-10-1-2-11(20)5-12(10)21)25-8-26(18(15)27)16-13(22)3-9(6-24)4-14(16)23/h1-5,8H,6-7,24H2. The molecule has 1 aromatic heterocycles. The second-order valence-corrected chi connectivity index (χ2v) is 6.05. The van der Waals surface area contributed by atoms with Crippen LogP contribution in [0.4, 0.5) is 17.6 Å². The van der Waals surface area contributed by atoms with Crippen LogP contribution in [0.15, 0.2) is 41.5 Å². The van der Waals surface area contributed by atoms with Crippen LogP contribution in [-0.2, 0) is 13.2 Å². The average molecular weight is 414 g/mol. The summed E-state index contributed by atoms with van der Waals surface area (Å²) in [5.74, 6) is -4.03. The van der Waals surface area contributed by atoms with Gasteiger partial charge in [-0.05, 0) is 29.8 Å². The molecule has 3 aromatic rings. The maximum Gasteiger partial charge on any atom is 0.280 e. The predicted molar refractivity (Wildman–Crippen MR) is 93.3 cm³/mol. The molecule has 0 spiro atoms. The second kappa shape index (κ2) is 7.99. The number of hydrogen-bond donors (Lipinski definition) is 1. The van der Waals surface area contributed by atoms with Gasteiger partial charge in [-0.15, -0.1) is 0 Å². The fraction of sp³-hybridized carbons (Fsp3) is 0.111. The molecule has 0 aliphatic heterocycles. The maximum atomic E-state index is 14.2. The van der Waals surface area contributed by atoms with E-state index in [4.69, 9.17) is 22.1 Å². The lowest BCUT2D eigenvalue weighted by atomic mass is 10.2. The summed E-state index contributed by atoms with van der Waals surface area (Å²) in [5.41, 5.74) is 3.88. The molecule has 5 nitrogen and oxygen atoms in total. The number of aromatic nitrogens is 2. The molecular weight excluding hydrogens is 402 g/mol. The zero-order valence-electron chi connectivity index (χ0n) is 14.1. The summed E-state index contributed by atoms with van der Waals surface area (Å²) in [6.45, 7) is -0.481. The SMILES string of the molecule is NCc1cc(F)c(-n2cnc(OCc3ccc(F)cc3F)c(Cl)c2=O)c(F)c1. The summed E-state index contributed by atoms with van der Waals surface area (Å²) >= 11 is 5.90. The minimum atomic E-state index is -1.03. The maximum absolute atomic E-state index is 14.2. The van der Waals surface area contributed by atoms with Gasteiger partial charge in [-0.2, -0.15) is 0 Å². The van der Waals surface area contributed by atoms with E-state index >= 15 is 0 Å². The topological polar surface area (TPSA) is 70.1 Å². The molecule has 2 N–H and O–H groups in total. The van der Waals surface area contributed by atoms with Gasteiger partial charge in [0.1, 0.15) is 30.3 Å². The smallest absolute Gasteiger partial charge is 0.280 e. The van der Waals surface area contributed by atoms with Gasteiger partial charge in [0.15, 0.2) is 16.7 Å². The Morgan fingerprint density at radius 2 is 1.75 bits per heavy atom. The molecule has 0 aliphatic rings. The third kappa shape index (κ3) is 3.85. The number of rotatable bonds is 5. The lowest BCUT2D eigenvalue weighted by Gasteiger charge is -2.12. The van der Waals surface area contributed by atoms with E-state index in [2.05, 4.69) is 4.98 Å². The summed E-state index contributed by atoms with van der Waals surface area (Å²) in [4.78, 5) is 16.2. The number of benzene rings is 2. The van der Waals surface area contributed by atoms with Crippen LogP contribution in [0.3, 0.4) is 0 Å². The van der Waals surface area contributed by atoms with Crippen molar-refractivity contribution in [1.29, 1.82) is 0 Å². The van der Waals surface area contributed by atoms with Crippen LogP contribution >= 0.6 is 11.6 Å². The van der Waals surface area contributed by atoms with Crippen LogP contribution in [0.25, 0.3) is 5.69 Å². The van der Waals surface area contributed by atoms with Crippen LogP contribution in [0.5, 0.6) is 5.88 Å². The first-order chi connectivity index (χ1) is 13.3. The van der Waals surface area contributed by atoms with Gasteiger partial charge < -0.3 is 10.5 Å². The highest BCUT2D eigenvalue weighted by molar-refractivity contribution is 6.31. The highest BCUT2D eigenvalue weighted by Gasteiger charge is 2.19. The van der Waals surface area contributed by atoms with Gasteiger partial charge in [0, 0.05) is 18.2 Å². The molecule has 0 fully saturated rings. The second-order valence-electron chi connectivity index (χ2n) is 5.68. The highest BCUT2D eigenvalue weighted by Crippen LogP contribution is 2.23. The fourth-order valence-electron chi connectivity index (χ4n) is 2.43. The lowest BCUT2D eigenvalue weighted by Crippen LogP contribution is -2.22. The van der Waals surface area contributed by atoms with E-state index in [9.17, 15) is 22.4 Å². The van der Waals surface area contributed by atoms with Crippen molar-refractivity contribution < 1.29 is 22.3 Å². The summed E-state index contributed by atoms with van der Waals surface area (Å²) in [6, 6.07) is 4.83. The average Bonchev–Trinajstić information content (AvgIpc) is 2.65. The largest absolute Gasteiger partial charge is 0.471 e. The monoisotopic (exact) mass is 413 g/mol. The number of nitrogens with two attached hydrogens (primary N) is 1. The first-order valence-corrected chi connectivity index (χ1v) is 8.22. The molecule has 0 amide bonds. The van der Waals surface area contributed by atoms with E-state index in [-0.39, 0.29) is 23.6 Å². The van der Waals surface area contributed by atoms with Crippen molar-refractivity contribution in [1.82, 2.24) is 9.55 Å². The minimum absolute atomic E-state index is 0.00194. The van der Waals surface area contributed by atoms with Crippen LogP contribution in [0.2, 0.25) is 5.02 Å². The van der Waals surface area contributed by atoms with E-state index in [1.165, 1.54) is 0 Å². The fourth-order valence-corrected chi connectivity index (χ4v) is 2.62. The molecular formula is C18H12ClF4N3O2. The molecule has 0 saturated carbocycles. The van der Waals surface area contributed by atoms with Crippen molar-refractivity contribution in [3.63, 3.8) is 0 Å². The van der Waals surface area contributed by atoms with Crippen molar-refractivity contribution in [2.24, 2.45) is 5.73 Å². The molecule has 1 heterocycles. The number of nitrogens with zero attached hydrogens (tertiary/aromatic N) is 2. The summed E-state index contributed by atoms with van der Waals surface area (Å²) in [7, 11) is 0. The normalized spacial score (nSPS) is 10.9. The van der Waals surface area contributed by atoms with E-state index in [0.717, 1.165) is 30.6 Å². The first-order valence-electron chi connectivity index (χ1n) is 7.84. The molecule has 0 atom stereocenters. The highest BCUT2D eigenvalue weighted by atomic mass is 35.5. The van der Waals surface area contributed by atoms with Gasteiger partial charge in [0.25, 0.3) is 5.56 Å². The summed E-state index contributed by atoms with van der Waals surface area (Å²) in [5, 5.41) is -0.563. The van der Waals surface area contributed by atoms with Crippen molar-refractivity contribution in [3.8, 4) is 11.6 Å². The van der Waals surface area contributed by atoms with Crippen LogP contribution in [0.1, 0.15) is 11.1 Å². The summed E-state index contributed by atoms with van der Waals surface area (Å²) < 4.78 is 60.8. The van der Waals surface area contributed by atoms with Gasteiger partial charge in [-0.1, -0.05) is 11.6 Å². The zero-order valence-corrected chi connectivity index (χ0v) is 14.8. The third-order valence-electron chi connectivity index (χ3n) is 3.82. The Balaban J connectivity index is 1.93. The Morgan fingerprint density at radius 1 is 1.07 bits per heavy atom. The molecule has 146 valence electrons. The number of ether oxygens (including phenoxy) is 1. The molecule has 0 aliphatic carbocycles. The Kier molecular flexibility index (Phi) is 5.66. The number of halogens is 5. The molecule has 28 heavy (non-hydrogen) atoms. The first kappa shape index (κ1) is 19.8. The Hall–Kier alpha value is -2.91. The van der Waals surface area contributed by atoms with Crippen molar-refractivity contribution in [3.05, 3.63) is 86.4 Å². The van der Waals surface area contributed by atoms with E-state index in [1.807, 2.05) is 0 Å². The van der Waals surface area contributed by atoms with Gasteiger partial charge in [-0.3, -0.25) is 9.36 Å². The summed E-state index contributed by atoms with van der Waals surface area (Å²) in [6.07, 6.45) is 0.828. The zero-order chi connectivity index (χ0) is 20.4. The van der Waals surface area contributed by atoms with Gasteiger partial charge >= 0.3 is 0 Å². The predicted octanol–water partition coefficient (Wildman–Crippen LogP) is 3.48. The molecule has 0 saturated heterocycles. The molecule has 3 rings (SSSR count). The molecule has 0 bridgehead atoms. The van der Waals surface area contributed by atoms with Crippen molar-refractivity contribution in [2.75, 3.05) is 0 Å². The number of hydrogen-bond acceptors (Lipinski definition) is 4. The van der Waals surface area contributed by atoms with Crippen molar-refractivity contribution >= 4 is 11.6 Å². The lowest BCUT2D eigenvalue weighted by molar-refractivity contribution is 0.286. The third-order valence-corrected chi connectivity index (χ3v) is 4.14. The quantitative estimate of drug-likeness (QED) is 0.650. The van der Waals surface area contributed by atoms with Crippen LogP contribution < -0.4 is 16.0 Å². The van der Waals surface area contributed by atoms with Gasteiger partial charge in [-0.25, -0.2) is 22.5 Å². The Labute approximate surface area is 161 Å². The van der Waals surface area contributed by atoms with Crippen molar-refractivity contribution in [2.45, 2.75) is 13.2 Å². The van der Waals surface area contributed by atoms with Crippen LogP contribution in [0, 0.1) is 23.3 Å².